The molecule has 1 spiro atoms. The summed E-state index contributed by atoms with van der Waals surface area (Å²) < 4.78 is 16.4. The van der Waals surface area contributed by atoms with Crippen molar-refractivity contribution in [2.45, 2.75) is 47.8 Å². The predicted octanol–water partition coefficient (Wildman–Crippen LogP) is -4.47. The molecule has 9 atom stereocenters. The number of hydrogen-bond donors (Lipinski definition) is 6. The highest BCUT2D eigenvalue weighted by atomic mass is 16.9. The third kappa shape index (κ3) is 1.03. The molecule has 10 heteroatoms. The Kier molecular flexibility index (Phi) is 1.89. The van der Waals surface area contributed by atoms with Crippen LogP contribution in [0.25, 0.3) is 0 Å². The van der Waals surface area contributed by atoms with Gasteiger partial charge in [-0.05, 0) is 0 Å². The van der Waals surface area contributed by atoms with Crippen LogP contribution in [0.5, 0.6) is 0 Å². The minimum Gasteiger partial charge on any atom is -0.393 e. The van der Waals surface area contributed by atoms with Crippen LogP contribution in [-0.4, -0.2) is 80.7 Å². The molecule has 4 saturated heterocycles. The van der Waals surface area contributed by atoms with E-state index >= 15 is 0 Å². The SMILES string of the molecule is NC1=N[C@H]2OC3C4(N1)C2[C@H]1O[C@]3(O)OC([C@H]4O)[C@]1(O)CO. The summed E-state index contributed by atoms with van der Waals surface area (Å²) in [6.07, 6.45) is -5.35. The van der Waals surface area contributed by atoms with Crippen LogP contribution in [0.15, 0.2) is 4.99 Å². The normalized spacial score (nSPS) is 66.2. The van der Waals surface area contributed by atoms with Gasteiger partial charge in [0.1, 0.15) is 29.5 Å². The number of hydrogen-bond acceptors (Lipinski definition) is 10. The zero-order valence-electron chi connectivity index (χ0n) is 10.7. The van der Waals surface area contributed by atoms with Crippen molar-refractivity contribution in [3.05, 3.63) is 0 Å². The van der Waals surface area contributed by atoms with Gasteiger partial charge in [-0.1, -0.05) is 0 Å². The lowest BCUT2D eigenvalue weighted by Gasteiger charge is -2.68. The topological polar surface area (TPSA) is 159 Å². The molecule has 116 valence electrons. The number of rotatable bonds is 1. The highest BCUT2D eigenvalue weighted by Crippen LogP contribution is 2.63. The van der Waals surface area contributed by atoms with Crippen molar-refractivity contribution >= 4 is 5.96 Å². The Bertz CT molecular complexity index is 574. The summed E-state index contributed by atoms with van der Waals surface area (Å²) in [5.41, 5.74) is 2.70. The molecule has 1 saturated carbocycles. The molecule has 6 rings (SSSR count). The van der Waals surface area contributed by atoms with Gasteiger partial charge in [-0.3, -0.25) is 0 Å². The zero-order valence-corrected chi connectivity index (χ0v) is 10.7. The van der Waals surface area contributed by atoms with Crippen LogP contribution in [0.3, 0.4) is 0 Å². The summed E-state index contributed by atoms with van der Waals surface area (Å²) in [4.78, 5) is 4.09. The average Bonchev–Trinajstić information content (AvgIpc) is 2.59. The largest absolute Gasteiger partial charge is 0.393 e. The van der Waals surface area contributed by atoms with Crippen molar-refractivity contribution in [3.8, 4) is 0 Å². The molecular weight excluding hydrogens is 286 g/mol. The van der Waals surface area contributed by atoms with E-state index in [-0.39, 0.29) is 5.96 Å². The fourth-order valence-corrected chi connectivity index (χ4v) is 4.65. The van der Waals surface area contributed by atoms with Crippen LogP contribution >= 0.6 is 0 Å². The molecule has 1 aliphatic carbocycles. The zero-order chi connectivity index (χ0) is 14.8. The predicted molar refractivity (Wildman–Crippen MR) is 62.4 cm³/mol. The number of ether oxygens (including phenoxy) is 3. The molecular formula is C11H15N3O7. The summed E-state index contributed by atoms with van der Waals surface area (Å²) in [7, 11) is 0. The van der Waals surface area contributed by atoms with Gasteiger partial charge >= 0.3 is 5.97 Å². The Labute approximate surface area is 118 Å². The molecule has 7 N–H and O–H groups in total. The number of aliphatic hydroxyl groups excluding tert-OH is 2. The summed E-state index contributed by atoms with van der Waals surface area (Å²) in [6, 6.07) is 0. The fourth-order valence-electron chi connectivity index (χ4n) is 4.65. The highest BCUT2D eigenvalue weighted by Gasteiger charge is 2.86. The van der Waals surface area contributed by atoms with Crippen molar-refractivity contribution in [2.75, 3.05) is 6.61 Å². The molecule has 4 unspecified atom stereocenters. The van der Waals surface area contributed by atoms with E-state index in [1.54, 1.807) is 0 Å². The van der Waals surface area contributed by atoms with Crippen LogP contribution in [0.4, 0.5) is 0 Å². The van der Waals surface area contributed by atoms with Crippen molar-refractivity contribution in [1.29, 1.82) is 0 Å². The monoisotopic (exact) mass is 301 g/mol. The van der Waals surface area contributed by atoms with E-state index in [1.807, 2.05) is 0 Å². The summed E-state index contributed by atoms with van der Waals surface area (Å²) in [6.45, 7) is -0.696. The van der Waals surface area contributed by atoms with Crippen LogP contribution in [0.2, 0.25) is 0 Å². The summed E-state index contributed by atoms with van der Waals surface area (Å²) in [5.74, 6) is -2.66. The average molecular weight is 301 g/mol. The number of nitrogens with zero attached hydrogens (tertiary/aromatic N) is 1. The highest BCUT2D eigenvalue weighted by molar-refractivity contribution is 5.80. The van der Waals surface area contributed by atoms with E-state index in [2.05, 4.69) is 10.3 Å². The lowest BCUT2D eigenvalue weighted by Crippen LogP contribution is -2.92. The van der Waals surface area contributed by atoms with Gasteiger partial charge in [0, 0.05) is 0 Å². The maximum Gasteiger partial charge on any atom is 0.311 e. The molecule has 10 nitrogen and oxygen atoms in total. The standard InChI is InChI=1S/C11H15N3O7/c12-8-13-6-2-4-9(17,1-15)5-3(16)10(2,14-8)7(19-6)11(18,20-4)21-5/h2-7,15-18H,1H2,(H3,12,13,14)/t2?,3-,4-,5?,6+,7?,9+,10?,11+/m1/s1. The minimum absolute atomic E-state index is 0.0795. The number of aliphatic hydroxyl groups is 4. The van der Waals surface area contributed by atoms with Crippen molar-refractivity contribution < 1.29 is 34.6 Å². The third-order valence-corrected chi connectivity index (χ3v) is 5.44. The Balaban J connectivity index is 1.77. The smallest absolute Gasteiger partial charge is 0.311 e. The van der Waals surface area contributed by atoms with E-state index in [4.69, 9.17) is 19.9 Å². The molecule has 0 radical (unpaired) electrons. The molecule has 5 heterocycles. The van der Waals surface area contributed by atoms with Gasteiger partial charge in [0.25, 0.3) is 0 Å². The Hall–Kier alpha value is -1.01. The van der Waals surface area contributed by atoms with Crippen molar-refractivity contribution in [2.24, 2.45) is 16.6 Å². The molecule has 0 aromatic rings. The summed E-state index contributed by atoms with van der Waals surface area (Å²) >= 11 is 0. The van der Waals surface area contributed by atoms with Crippen LogP contribution in [0.1, 0.15) is 0 Å². The molecule has 0 aromatic heterocycles. The number of aliphatic imine (C=N–C) groups is 1. The number of nitrogens with two attached hydrogens (primary N) is 1. The molecule has 5 aliphatic heterocycles. The first-order valence-corrected chi connectivity index (χ1v) is 6.73. The van der Waals surface area contributed by atoms with Gasteiger partial charge in [0.2, 0.25) is 0 Å². The number of guanidine groups is 1. The first-order chi connectivity index (χ1) is 9.87. The Morgan fingerprint density at radius 2 is 2.00 bits per heavy atom. The molecule has 5 fully saturated rings. The lowest BCUT2D eigenvalue weighted by atomic mass is 9.56. The van der Waals surface area contributed by atoms with E-state index in [9.17, 15) is 20.4 Å². The van der Waals surface area contributed by atoms with E-state index in [0.717, 1.165) is 0 Å². The van der Waals surface area contributed by atoms with Gasteiger partial charge in [-0.15, -0.1) is 0 Å². The van der Waals surface area contributed by atoms with E-state index in [1.165, 1.54) is 0 Å². The molecule has 6 aliphatic rings. The Morgan fingerprint density at radius 1 is 1.29 bits per heavy atom. The van der Waals surface area contributed by atoms with Crippen LogP contribution in [-0.2, 0) is 14.2 Å². The van der Waals surface area contributed by atoms with Gasteiger partial charge in [0.05, 0.1) is 12.5 Å². The second-order valence-corrected chi connectivity index (χ2v) is 6.31. The minimum atomic E-state index is -2.13. The second-order valence-electron chi connectivity index (χ2n) is 6.31. The van der Waals surface area contributed by atoms with Gasteiger partial charge in [0.15, 0.2) is 18.3 Å². The van der Waals surface area contributed by atoms with Crippen LogP contribution in [0, 0.1) is 5.92 Å². The lowest BCUT2D eigenvalue weighted by molar-refractivity contribution is -0.529. The Morgan fingerprint density at radius 3 is 2.71 bits per heavy atom. The first-order valence-electron chi connectivity index (χ1n) is 6.73. The van der Waals surface area contributed by atoms with Gasteiger partial charge in [-0.2, -0.15) is 0 Å². The summed E-state index contributed by atoms with van der Waals surface area (Å²) in [5, 5.41) is 44.4. The van der Waals surface area contributed by atoms with Crippen LogP contribution < -0.4 is 11.1 Å². The molecule has 0 amide bonds. The van der Waals surface area contributed by atoms with Gasteiger partial charge in [-0.25, -0.2) is 4.99 Å². The van der Waals surface area contributed by atoms with E-state index in [0.29, 0.717) is 0 Å². The third-order valence-electron chi connectivity index (χ3n) is 5.44. The first kappa shape index (κ1) is 12.5. The maximum absolute atomic E-state index is 10.7. The fraction of sp³-hybridized carbons (Fsp3) is 0.909. The maximum atomic E-state index is 10.7. The second kappa shape index (κ2) is 3.18. The van der Waals surface area contributed by atoms with Crippen molar-refractivity contribution in [1.82, 2.24) is 5.32 Å². The van der Waals surface area contributed by atoms with E-state index < -0.39 is 60.3 Å². The number of nitrogens with one attached hydrogen (secondary N) is 1. The quantitative estimate of drug-likeness (QED) is 0.281. The molecule has 21 heavy (non-hydrogen) atoms. The molecule has 7 bridgehead atoms. The van der Waals surface area contributed by atoms with Gasteiger partial charge < -0.3 is 45.7 Å². The van der Waals surface area contributed by atoms with Crippen molar-refractivity contribution in [3.63, 3.8) is 0 Å². The molecule has 0 aromatic carbocycles.